The molecule has 0 atom stereocenters. The SMILES string of the molecule is CCOc1ccc(Nc2ccc(C(=O)O)nn2)cc1. The number of aromatic nitrogens is 2. The molecule has 0 saturated carbocycles. The second-order valence-corrected chi connectivity index (χ2v) is 3.69. The van der Waals surface area contributed by atoms with Crippen LogP contribution in [-0.2, 0) is 0 Å². The van der Waals surface area contributed by atoms with Crippen LogP contribution in [0.1, 0.15) is 17.4 Å². The maximum absolute atomic E-state index is 10.6. The van der Waals surface area contributed by atoms with Crippen molar-refractivity contribution >= 4 is 17.5 Å². The van der Waals surface area contributed by atoms with Gasteiger partial charge in [-0.15, -0.1) is 10.2 Å². The Morgan fingerprint density at radius 3 is 2.47 bits per heavy atom. The zero-order valence-corrected chi connectivity index (χ0v) is 10.3. The van der Waals surface area contributed by atoms with E-state index in [9.17, 15) is 4.79 Å². The first-order chi connectivity index (χ1) is 9.19. The zero-order valence-electron chi connectivity index (χ0n) is 10.3. The largest absolute Gasteiger partial charge is 0.494 e. The average Bonchev–Trinajstić information content (AvgIpc) is 2.42. The molecule has 2 aromatic rings. The molecular weight excluding hydrogens is 246 g/mol. The number of anilines is 2. The van der Waals surface area contributed by atoms with Crippen LogP contribution in [0.3, 0.4) is 0 Å². The lowest BCUT2D eigenvalue weighted by Gasteiger charge is -2.06. The molecule has 0 unspecified atom stereocenters. The molecule has 6 heteroatoms. The molecular formula is C13H13N3O3. The van der Waals surface area contributed by atoms with Gasteiger partial charge in [-0.25, -0.2) is 4.79 Å². The van der Waals surface area contributed by atoms with Gasteiger partial charge in [0, 0.05) is 5.69 Å². The summed E-state index contributed by atoms with van der Waals surface area (Å²) in [5.41, 5.74) is 0.734. The van der Waals surface area contributed by atoms with E-state index in [1.165, 1.54) is 6.07 Å². The van der Waals surface area contributed by atoms with Crippen LogP contribution >= 0.6 is 0 Å². The Bertz CT molecular complexity index is 552. The van der Waals surface area contributed by atoms with E-state index in [4.69, 9.17) is 9.84 Å². The lowest BCUT2D eigenvalue weighted by molar-refractivity contribution is 0.0689. The number of hydrogen-bond donors (Lipinski definition) is 2. The quantitative estimate of drug-likeness (QED) is 0.857. The van der Waals surface area contributed by atoms with E-state index in [-0.39, 0.29) is 5.69 Å². The first kappa shape index (κ1) is 12.8. The molecule has 1 heterocycles. The van der Waals surface area contributed by atoms with Crippen LogP contribution in [0.25, 0.3) is 0 Å². The minimum atomic E-state index is -1.10. The molecule has 0 saturated heterocycles. The monoisotopic (exact) mass is 259 g/mol. The van der Waals surface area contributed by atoms with Gasteiger partial charge in [0.05, 0.1) is 6.61 Å². The third kappa shape index (κ3) is 3.41. The van der Waals surface area contributed by atoms with E-state index >= 15 is 0 Å². The lowest BCUT2D eigenvalue weighted by Crippen LogP contribution is -2.03. The third-order valence-electron chi connectivity index (χ3n) is 2.32. The standard InChI is InChI=1S/C13H13N3O3/c1-2-19-10-5-3-9(4-6-10)14-12-8-7-11(13(17)18)15-16-12/h3-8H,2H2,1H3,(H,14,16)(H,17,18). The fraction of sp³-hybridized carbons (Fsp3) is 0.154. The number of hydrogen-bond acceptors (Lipinski definition) is 5. The maximum atomic E-state index is 10.6. The van der Waals surface area contributed by atoms with Crippen molar-refractivity contribution < 1.29 is 14.6 Å². The fourth-order valence-corrected chi connectivity index (χ4v) is 1.46. The number of rotatable bonds is 5. The fourth-order valence-electron chi connectivity index (χ4n) is 1.46. The van der Waals surface area contributed by atoms with Gasteiger partial charge in [0.1, 0.15) is 5.75 Å². The summed E-state index contributed by atoms with van der Waals surface area (Å²) in [6.45, 7) is 2.54. The van der Waals surface area contributed by atoms with Gasteiger partial charge in [0.25, 0.3) is 0 Å². The van der Waals surface area contributed by atoms with E-state index in [0.29, 0.717) is 12.4 Å². The van der Waals surface area contributed by atoms with Crippen molar-refractivity contribution in [3.8, 4) is 5.75 Å². The summed E-state index contributed by atoms with van der Waals surface area (Å²) in [7, 11) is 0. The van der Waals surface area contributed by atoms with E-state index in [1.54, 1.807) is 6.07 Å². The Labute approximate surface area is 110 Å². The summed E-state index contributed by atoms with van der Waals surface area (Å²) in [4.78, 5) is 10.6. The van der Waals surface area contributed by atoms with Crippen LogP contribution in [0.5, 0.6) is 5.75 Å². The van der Waals surface area contributed by atoms with Crippen molar-refractivity contribution in [2.75, 3.05) is 11.9 Å². The minimum Gasteiger partial charge on any atom is -0.494 e. The molecule has 0 fully saturated rings. The Hall–Kier alpha value is -2.63. The Kier molecular flexibility index (Phi) is 3.92. The Balaban J connectivity index is 2.06. The van der Waals surface area contributed by atoms with Gasteiger partial charge in [-0.2, -0.15) is 0 Å². The van der Waals surface area contributed by atoms with Gasteiger partial charge >= 0.3 is 5.97 Å². The molecule has 0 radical (unpaired) electrons. The van der Waals surface area contributed by atoms with Crippen LogP contribution in [0, 0.1) is 0 Å². The van der Waals surface area contributed by atoms with Crippen molar-refractivity contribution in [3.63, 3.8) is 0 Å². The summed E-state index contributed by atoms with van der Waals surface area (Å²) in [5, 5.41) is 19.1. The second kappa shape index (κ2) is 5.81. The molecule has 0 aliphatic carbocycles. The minimum absolute atomic E-state index is 0.0859. The number of carboxylic acid groups (broad SMARTS) is 1. The molecule has 0 aliphatic heterocycles. The van der Waals surface area contributed by atoms with Crippen molar-refractivity contribution in [2.24, 2.45) is 0 Å². The number of nitrogens with zero attached hydrogens (tertiary/aromatic N) is 2. The van der Waals surface area contributed by atoms with Crippen molar-refractivity contribution in [1.29, 1.82) is 0 Å². The average molecular weight is 259 g/mol. The smallest absolute Gasteiger partial charge is 0.356 e. The molecule has 98 valence electrons. The normalized spacial score (nSPS) is 9.95. The second-order valence-electron chi connectivity index (χ2n) is 3.69. The number of carbonyl (C=O) groups is 1. The molecule has 0 bridgehead atoms. The molecule has 1 aromatic heterocycles. The zero-order chi connectivity index (χ0) is 13.7. The van der Waals surface area contributed by atoms with Gasteiger partial charge in [-0.3, -0.25) is 0 Å². The highest BCUT2D eigenvalue weighted by Gasteiger charge is 2.05. The molecule has 1 aromatic carbocycles. The van der Waals surface area contributed by atoms with Crippen LogP contribution in [-0.4, -0.2) is 27.9 Å². The molecule has 2 N–H and O–H groups in total. The number of nitrogens with one attached hydrogen (secondary N) is 1. The number of aromatic carboxylic acids is 1. The van der Waals surface area contributed by atoms with Crippen LogP contribution in [0.2, 0.25) is 0 Å². The highest BCUT2D eigenvalue weighted by atomic mass is 16.5. The predicted molar refractivity (Wildman–Crippen MR) is 69.9 cm³/mol. The summed E-state index contributed by atoms with van der Waals surface area (Å²) in [6.07, 6.45) is 0. The first-order valence-corrected chi connectivity index (χ1v) is 5.76. The predicted octanol–water partition coefficient (Wildman–Crippen LogP) is 2.32. The van der Waals surface area contributed by atoms with Gasteiger partial charge in [0.2, 0.25) is 0 Å². The lowest BCUT2D eigenvalue weighted by atomic mass is 10.3. The first-order valence-electron chi connectivity index (χ1n) is 5.76. The summed E-state index contributed by atoms with van der Waals surface area (Å²) in [5.74, 6) is 0.176. The number of benzene rings is 1. The summed E-state index contributed by atoms with van der Waals surface area (Å²) < 4.78 is 5.33. The topological polar surface area (TPSA) is 84.3 Å². The van der Waals surface area contributed by atoms with E-state index in [0.717, 1.165) is 11.4 Å². The number of carboxylic acids is 1. The third-order valence-corrected chi connectivity index (χ3v) is 2.32. The van der Waals surface area contributed by atoms with Crippen LogP contribution in [0.15, 0.2) is 36.4 Å². The molecule has 2 rings (SSSR count). The summed E-state index contributed by atoms with van der Waals surface area (Å²) in [6, 6.07) is 10.3. The molecule has 0 spiro atoms. The Morgan fingerprint density at radius 2 is 1.95 bits per heavy atom. The van der Waals surface area contributed by atoms with Crippen molar-refractivity contribution in [2.45, 2.75) is 6.92 Å². The molecule has 0 amide bonds. The highest BCUT2D eigenvalue weighted by molar-refractivity contribution is 5.85. The maximum Gasteiger partial charge on any atom is 0.356 e. The Morgan fingerprint density at radius 1 is 1.21 bits per heavy atom. The van der Waals surface area contributed by atoms with Crippen molar-refractivity contribution in [3.05, 3.63) is 42.1 Å². The summed E-state index contributed by atoms with van der Waals surface area (Å²) >= 11 is 0. The molecule has 0 aliphatic rings. The molecule has 6 nitrogen and oxygen atoms in total. The van der Waals surface area contributed by atoms with Gasteiger partial charge in [0.15, 0.2) is 11.5 Å². The van der Waals surface area contributed by atoms with Crippen molar-refractivity contribution in [1.82, 2.24) is 10.2 Å². The van der Waals surface area contributed by atoms with E-state index < -0.39 is 5.97 Å². The van der Waals surface area contributed by atoms with Crippen LogP contribution in [0.4, 0.5) is 11.5 Å². The van der Waals surface area contributed by atoms with Gasteiger partial charge in [-0.05, 0) is 43.3 Å². The van der Waals surface area contributed by atoms with Gasteiger partial charge < -0.3 is 15.2 Å². The number of ether oxygens (including phenoxy) is 1. The van der Waals surface area contributed by atoms with E-state index in [1.807, 2.05) is 31.2 Å². The van der Waals surface area contributed by atoms with Gasteiger partial charge in [-0.1, -0.05) is 0 Å². The van der Waals surface area contributed by atoms with Crippen LogP contribution < -0.4 is 10.1 Å². The molecule has 19 heavy (non-hydrogen) atoms. The highest BCUT2D eigenvalue weighted by Crippen LogP contribution is 2.18. The van der Waals surface area contributed by atoms with E-state index in [2.05, 4.69) is 15.5 Å².